The van der Waals surface area contributed by atoms with Crippen LogP contribution in [0.25, 0.3) is 6.08 Å². The van der Waals surface area contributed by atoms with Gasteiger partial charge in [-0.15, -0.1) is 0 Å². The van der Waals surface area contributed by atoms with Gasteiger partial charge in [0.1, 0.15) is 0 Å². The Morgan fingerprint density at radius 1 is 0.895 bits per heavy atom. The lowest BCUT2D eigenvalue weighted by Crippen LogP contribution is -2.11. The van der Waals surface area contributed by atoms with Gasteiger partial charge in [-0.25, -0.2) is 0 Å². The van der Waals surface area contributed by atoms with Crippen LogP contribution in [0.4, 0.5) is 0 Å². The Balaban J connectivity index is 2.18. The summed E-state index contributed by atoms with van der Waals surface area (Å²) in [6.07, 6.45) is 3.22. The van der Waals surface area contributed by atoms with Gasteiger partial charge in [-0.2, -0.15) is 0 Å². The van der Waals surface area contributed by atoms with Crippen LogP contribution >= 0.6 is 0 Å². The zero-order valence-corrected chi connectivity index (χ0v) is 10.2. The second kappa shape index (κ2) is 5.78. The van der Waals surface area contributed by atoms with Crippen molar-refractivity contribution in [2.75, 3.05) is 0 Å². The number of primary amides is 1. The molecule has 0 aliphatic carbocycles. The van der Waals surface area contributed by atoms with Crippen LogP contribution in [-0.4, -0.2) is 11.7 Å². The van der Waals surface area contributed by atoms with E-state index in [9.17, 15) is 9.59 Å². The molecule has 0 bridgehead atoms. The van der Waals surface area contributed by atoms with Crippen LogP contribution in [-0.2, 0) is 0 Å². The minimum absolute atomic E-state index is 0.160. The lowest BCUT2D eigenvalue weighted by Gasteiger charge is -1.99. The summed E-state index contributed by atoms with van der Waals surface area (Å²) in [5, 5.41) is 0. The highest BCUT2D eigenvalue weighted by Gasteiger charge is 2.05. The molecule has 0 fully saturated rings. The van der Waals surface area contributed by atoms with Gasteiger partial charge in [-0.1, -0.05) is 48.5 Å². The second-order valence-electron chi connectivity index (χ2n) is 4.05. The summed E-state index contributed by atoms with van der Waals surface area (Å²) in [5.74, 6) is -0.700. The Morgan fingerprint density at radius 2 is 1.58 bits per heavy atom. The molecule has 0 heterocycles. The number of amides is 1. The number of carbonyl (C=O) groups is 2. The minimum atomic E-state index is -0.540. The van der Waals surface area contributed by atoms with Gasteiger partial charge in [0, 0.05) is 11.1 Å². The van der Waals surface area contributed by atoms with E-state index >= 15 is 0 Å². The molecule has 0 radical (unpaired) electrons. The van der Waals surface area contributed by atoms with Crippen LogP contribution in [0, 0.1) is 0 Å². The molecule has 0 aromatic heterocycles. The van der Waals surface area contributed by atoms with Crippen molar-refractivity contribution in [2.24, 2.45) is 5.73 Å². The maximum absolute atomic E-state index is 12.0. The van der Waals surface area contributed by atoms with Gasteiger partial charge >= 0.3 is 0 Å². The minimum Gasteiger partial charge on any atom is -0.366 e. The van der Waals surface area contributed by atoms with E-state index < -0.39 is 5.91 Å². The zero-order chi connectivity index (χ0) is 13.7. The van der Waals surface area contributed by atoms with E-state index in [4.69, 9.17) is 5.73 Å². The average Bonchev–Trinajstić information content (AvgIpc) is 2.46. The fourth-order valence-corrected chi connectivity index (χ4v) is 1.66. The van der Waals surface area contributed by atoms with Crippen LogP contribution in [0.5, 0.6) is 0 Å². The van der Waals surface area contributed by atoms with Gasteiger partial charge in [0.15, 0.2) is 5.78 Å². The van der Waals surface area contributed by atoms with E-state index in [1.807, 2.05) is 30.3 Å². The van der Waals surface area contributed by atoms with Crippen molar-refractivity contribution < 1.29 is 9.59 Å². The monoisotopic (exact) mass is 251 g/mol. The Bertz CT molecular complexity index is 630. The molecular formula is C16H13NO2. The number of nitrogens with two attached hydrogens (primary N) is 1. The molecule has 3 nitrogen and oxygen atoms in total. The number of hydrogen-bond donors (Lipinski definition) is 1. The maximum atomic E-state index is 12.0. The molecule has 2 N–H and O–H groups in total. The van der Waals surface area contributed by atoms with Gasteiger partial charge in [0.2, 0.25) is 5.91 Å². The predicted molar refractivity (Wildman–Crippen MR) is 74.8 cm³/mol. The zero-order valence-electron chi connectivity index (χ0n) is 10.2. The first-order valence-corrected chi connectivity index (χ1v) is 5.84. The summed E-state index contributed by atoms with van der Waals surface area (Å²) < 4.78 is 0. The van der Waals surface area contributed by atoms with Crippen molar-refractivity contribution in [3.8, 4) is 0 Å². The molecule has 3 heteroatoms. The largest absolute Gasteiger partial charge is 0.366 e. The van der Waals surface area contributed by atoms with E-state index in [1.165, 1.54) is 12.1 Å². The molecule has 2 aromatic carbocycles. The lowest BCUT2D eigenvalue weighted by atomic mass is 10.1. The molecular weight excluding hydrogens is 238 g/mol. The highest BCUT2D eigenvalue weighted by molar-refractivity contribution is 6.08. The Labute approximate surface area is 111 Å². The third-order valence-electron chi connectivity index (χ3n) is 2.66. The first-order valence-electron chi connectivity index (χ1n) is 5.84. The van der Waals surface area contributed by atoms with Crippen LogP contribution in [0.2, 0.25) is 0 Å². The third kappa shape index (κ3) is 3.39. The first kappa shape index (κ1) is 12.8. The predicted octanol–water partition coefficient (Wildman–Crippen LogP) is 2.68. The van der Waals surface area contributed by atoms with Crippen LogP contribution in [0.15, 0.2) is 60.7 Å². The molecule has 0 spiro atoms. The summed E-state index contributed by atoms with van der Waals surface area (Å²) in [6.45, 7) is 0. The van der Waals surface area contributed by atoms with E-state index in [-0.39, 0.29) is 5.78 Å². The van der Waals surface area contributed by atoms with Gasteiger partial charge < -0.3 is 5.73 Å². The van der Waals surface area contributed by atoms with Gasteiger partial charge in [-0.05, 0) is 23.8 Å². The second-order valence-corrected chi connectivity index (χ2v) is 4.05. The van der Waals surface area contributed by atoms with Crippen LogP contribution < -0.4 is 5.73 Å². The smallest absolute Gasteiger partial charge is 0.248 e. The maximum Gasteiger partial charge on any atom is 0.248 e. The first-order chi connectivity index (χ1) is 9.16. The number of hydrogen-bond acceptors (Lipinski definition) is 2. The van der Waals surface area contributed by atoms with Crippen molar-refractivity contribution in [3.05, 3.63) is 77.4 Å². The van der Waals surface area contributed by atoms with Crippen molar-refractivity contribution in [1.29, 1.82) is 0 Å². The molecule has 0 aliphatic heterocycles. The molecule has 1 amide bonds. The number of allylic oxidation sites excluding steroid dienone is 1. The lowest BCUT2D eigenvalue weighted by molar-refractivity contribution is 0.1000. The van der Waals surface area contributed by atoms with Crippen molar-refractivity contribution in [2.45, 2.75) is 0 Å². The molecule has 0 aliphatic rings. The van der Waals surface area contributed by atoms with Crippen LogP contribution in [0.1, 0.15) is 26.3 Å². The van der Waals surface area contributed by atoms with Crippen molar-refractivity contribution in [3.63, 3.8) is 0 Å². The van der Waals surface area contributed by atoms with E-state index in [2.05, 4.69) is 0 Å². The quantitative estimate of drug-likeness (QED) is 0.670. The van der Waals surface area contributed by atoms with Gasteiger partial charge in [0.25, 0.3) is 0 Å². The van der Waals surface area contributed by atoms with E-state index in [0.29, 0.717) is 11.1 Å². The van der Waals surface area contributed by atoms with Gasteiger partial charge in [-0.3, -0.25) is 9.59 Å². The number of carbonyl (C=O) groups excluding carboxylic acids is 2. The molecule has 19 heavy (non-hydrogen) atoms. The standard InChI is InChI=1S/C16H13NO2/c17-16(19)14-8-4-7-13(11-14)15(18)10-9-12-5-2-1-3-6-12/h1-11H,(H2,17,19)/b10-9+. The topological polar surface area (TPSA) is 60.2 Å². The Morgan fingerprint density at radius 3 is 2.26 bits per heavy atom. The number of rotatable bonds is 4. The van der Waals surface area contributed by atoms with Crippen molar-refractivity contribution >= 4 is 17.8 Å². The highest BCUT2D eigenvalue weighted by atomic mass is 16.1. The SMILES string of the molecule is NC(=O)c1cccc(C(=O)/C=C/c2ccccc2)c1. The van der Waals surface area contributed by atoms with Crippen molar-refractivity contribution in [1.82, 2.24) is 0 Å². The third-order valence-corrected chi connectivity index (χ3v) is 2.66. The summed E-state index contributed by atoms with van der Waals surface area (Å²) in [5.41, 5.74) is 6.91. The highest BCUT2D eigenvalue weighted by Crippen LogP contribution is 2.08. The fraction of sp³-hybridized carbons (Fsp3) is 0. The molecule has 2 rings (SSSR count). The molecule has 0 atom stereocenters. The molecule has 2 aromatic rings. The number of benzene rings is 2. The Kier molecular flexibility index (Phi) is 3.88. The molecule has 0 unspecified atom stereocenters. The summed E-state index contributed by atoms with van der Waals surface area (Å²) in [6, 6.07) is 15.9. The average molecular weight is 251 g/mol. The number of ketones is 1. The summed E-state index contributed by atoms with van der Waals surface area (Å²) in [4.78, 5) is 23.0. The molecule has 0 saturated heterocycles. The van der Waals surface area contributed by atoms with Crippen LogP contribution in [0.3, 0.4) is 0 Å². The summed E-state index contributed by atoms with van der Waals surface area (Å²) >= 11 is 0. The Hall–Kier alpha value is -2.68. The molecule has 0 saturated carbocycles. The normalized spacial score (nSPS) is 10.5. The van der Waals surface area contributed by atoms with E-state index in [0.717, 1.165) is 5.56 Å². The fourth-order valence-electron chi connectivity index (χ4n) is 1.66. The van der Waals surface area contributed by atoms with Gasteiger partial charge in [0.05, 0.1) is 0 Å². The van der Waals surface area contributed by atoms with E-state index in [1.54, 1.807) is 24.3 Å². The summed E-state index contributed by atoms with van der Waals surface area (Å²) in [7, 11) is 0. The molecule has 94 valence electrons.